The highest BCUT2D eigenvalue weighted by molar-refractivity contribution is 6.36. The Morgan fingerprint density at radius 2 is 1.88 bits per heavy atom. The summed E-state index contributed by atoms with van der Waals surface area (Å²) in [4.78, 5) is 35.3. The highest BCUT2D eigenvalue weighted by Crippen LogP contribution is 2.21. The Labute approximate surface area is 138 Å². The van der Waals surface area contributed by atoms with Crippen LogP contribution < -0.4 is 10.6 Å². The maximum absolute atomic E-state index is 11.3. The van der Waals surface area contributed by atoms with Gasteiger partial charge in [-0.3, -0.25) is 9.69 Å². The van der Waals surface area contributed by atoms with Crippen molar-refractivity contribution in [3.05, 3.63) is 23.8 Å². The molecule has 0 aliphatic carbocycles. The number of carboxylic acid groups (broad SMARTS) is 2. The van der Waals surface area contributed by atoms with Crippen LogP contribution in [0.15, 0.2) is 18.2 Å². The van der Waals surface area contributed by atoms with Crippen molar-refractivity contribution >= 4 is 29.2 Å². The quantitative estimate of drug-likeness (QED) is 0.540. The summed E-state index contributed by atoms with van der Waals surface area (Å²) >= 11 is 0. The molecule has 1 aliphatic rings. The Morgan fingerprint density at radius 1 is 1.17 bits per heavy atom. The van der Waals surface area contributed by atoms with Gasteiger partial charge < -0.3 is 25.6 Å². The van der Waals surface area contributed by atoms with Crippen LogP contribution in [0, 0.1) is 0 Å². The molecule has 1 fully saturated rings. The van der Waals surface area contributed by atoms with Gasteiger partial charge in [0.1, 0.15) is 0 Å². The van der Waals surface area contributed by atoms with Gasteiger partial charge >= 0.3 is 17.8 Å². The molecule has 1 heterocycles. The summed E-state index contributed by atoms with van der Waals surface area (Å²) in [5.41, 5.74) is 0.351. The minimum atomic E-state index is -1.68. The van der Waals surface area contributed by atoms with E-state index in [9.17, 15) is 14.4 Å². The minimum Gasteiger partial charge on any atom is -0.478 e. The number of rotatable bonds is 6. The van der Waals surface area contributed by atoms with Crippen molar-refractivity contribution in [1.29, 1.82) is 0 Å². The third-order valence-electron chi connectivity index (χ3n) is 3.55. The van der Waals surface area contributed by atoms with Gasteiger partial charge in [0.15, 0.2) is 0 Å². The van der Waals surface area contributed by atoms with Gasteiger partial charge in [-0.05, 0) is 18.2 Å². The van der Waals surface area contributed by atoms with Crippen LogP contribution in [0.1, 0.15) is 10.4 Å². The van der Waals surface area contributed by atoms with Crippen molar-refractivity contribution in [1.82, 2.24) is 4.90 Å². The molecule has 0 saturated carbocycles. The number of aromatic carboxylic acids is 1. The molecule has 0 bridgehead atoms. The van der Waals surface area contributed by atoms with Crippen LogP contribution in [0.2, 0.25) is 0 Å². The molecular weight excluding hydrogens is 318 g/mol. The summed E-state index contributed by atoms with van der Waals surface area (Å²) in [6.07, 6.45) is 0. The van der Waals surface area contributed by atoms with Crippen LogP contribution in [0.25, 0.3) is 0 Å². The third kappa shape index (κ3) is 4.93. The Morgan fingerprint density at radius 3 is 2.50 bits per heavy atom. The molecular formula is C15H19N3O6. The standard InChI is InChI=1S/C15H19N3O6/c19-13(15(22)23)17-12-9-10(1-2-11(12)14(20)21)16-3-4-18-5-7-24-8-6-18/h1-2,9,16H,3-8H2,(H,17,19)(H,20,21)(H,22,23). The summed E-state index contributed by atoms with van der Waals surface area (Å²) in [7, 11) is 0. The lowest BCUT2D eigenvalue weighted by atomic mass is 10.1. The summed E-state index contributed by atoms with van der Waals surface area (Å²) in [5, 5.41) is 23.0. The van der Waals surface area contributed by atoms with Crippen LogP contribution in [-0.4, -0.2) is 72.4 Å². The number of hydrogen-bond donors (Lipinski definition) is 4. The number of nitrogens with one attached hydrogen (secondary N) is 2. The number of anilines is 2. The van der Waals surface area contributed by atoms with E-state index < -0.39 is 17.8 Å². The molecule has 1 aliphatic heterocycles. The van der Waals surface area contributed by atoms with Gasteiger partial charge in [0, 0.05) is 31.9 Å². The first-order valence-corrected chi connectivity index (χ1v) is 7.43. The largest absolute Gasteiger partial charge is 0.478 e. The van der Waals surface area contributed by atoms with Gasteiger partial charge in [0.25, 0.3) is 0 Å². The van der Waals surface area contributed by atoms with Gasteiger partial charge in [0.05, 0.1) is 24.5 Å². The zero-order valence-electron chi connectivity index (χ0n) is 12.9. The number of ether oxygens (including phenoxy) is 1. The average Bonchev–Trinajstić information content (AvgIpc) is 2.55. The number of nitrogens with zero attached hydrogens (tertiary/aromatic N) is 1. The van der Waals surface area contributed by atoms with Crippen LogP contribution in [0.4, 0.5) is 11.4 Å². The first kappa shape index (κ1) is 17.7. The van der Waals surface area contributed by atoms with Gasteiger partial charge in [-0.2, -0.15) is 0 Å². The van der Waals surface area contributed by atoms with E-state index in [1.165, 1.54) is 12.1 Å². The number of benzene rings is 1. The first-order valence-electron chi connectivity index (χ1n) is 7.43. The van der Waals surface area contributed by atoms with Crippen molar-refractivity contribution in [2.24, 2.45) is 0 Å². The second-order valence-electron chi connectivity index (χ2n) is 5.21. The predicted molar refractivity (Wildman–Crippen MR) is 85.4 cm³/mol. The van der Waals surface area contributed by atoms with Crippen molar-refractivity contribution in [2.45, 2.75) is 0 Å². The Balaban J connectivity index is 2.00. The molecule has 4 N–H and O–H groups in total. The van der Waals surface area contributed by atoms with Gasteiger partial charge in [-0.15, -0.1) is 0 Å². The Kier molecular flexibility index (Phi) is 6.10. The van der Waals surface area contributed by atoms with Gasteiger partial charge in [0.2, 0.25) is 0 Å². The molecule has 2 rings (SSSR count). The van der Waals surface area contributed by atoms with E-state index in [-0.39, 0.29) is 11.3 Å². The van der Waals surface area contributed by atoms with Crippen molar-refractivity contribution < 1.29 is 29.3 Å². The van der Waals surface area contributed by atoms with Crippen LogP contribution in [0.3, 0.4) is 0 Å². The number of amides is 1. The summed E-state index contributed by atoms with van der Waals surface area (Å²) in [6, 6.07) is 4.29. The zero-order chi connectivity index (χ0) is 17.5. The second kappa shape index (κ2) is 8.27. The van der Waals surface area contributed by atoms with Crippen LogP contribution in [0.5, 0.6) is 0 Å². The number of carboxylic acids is 2. The van der Waals surface area contributed by atoms with Crippen molar-refractivity contribution in [3.8, 4) is 0 Å². The SMILES string of the molecule is O=C(O)C(=O)Nc1cc(NCCN2CCOCC2)ccc1C(=O)O. The van der Waals surface area contributed by atoms with E-state index in [1.807, 2.05) is 0 Å². The molecule has 0 aromatic heterocycles. The van der Waals surface area contributed by atoms with E-state index in [2.05, 4.69) is 15.5 Å². The normalized spacial score (nSPS) is 14.8. The molecule has 9 heteroatoms. The van der Waals surface area contributed by atoms with E-state index in [1.54, 1.807) is 6.07 Å². The lowest BCUT2D eigenvalue weighted by Crippen LogP contribution is -2.39. The fourth-order valence-electron chi connectivity index (χ4n) is 2.30. The monoisotopic (exact) mass is 337 g/mol. The minimum absolute atomic E-state index is 0.0636. The van der Waals surface area contributed by atoms with Gasteiger partial charge in [-0.1, -0.05) is 0 Å². The lowest BCUT2D eigenvalue weighted by Gasteiger charge is -2.26. The van der Waals surface area contributed by atoms with Crippen LogP contribution >= 0.6 is 0 Å². The molecule has 1 aromatic rings. The number of hydrogen-bond acceptors (Lipinski definition) is 6. The molecule has 1 saturated heterocycles. The topological polar surface area (TPSA) is 128 Å². The average molecular weight is 337 g/mol. The number of aliphatic carboxylic acids is 1. The number of morpholine rings is 1. The molecule has 0 unspecified atom stereocenters. The second-order valence-corrected chi connectivity index (χ2v) is 5.21. The summed E-state index contributed by atoms with van der Waals surface area (Å²) < 4.78 is 5.27. The van der Waals surface area contributed by atoms with Crippen molar-refractivity contribution in [2.75, 3.05) is 50.0 Å². The molecule has 130 valence electrons. The number of carbonyl (C=O) groups is 3. The highest BCUT2D eigenvalue weighted by atomic mass is 16.5. The first-order chi connectivity index (χ1) is 11.5. The van der Waals surface area contributed by atoms with E-state index >= 15 is 0 Å². The number of carbonyl (C=O) groups excluding carboxylic acids is 1. The maximum Gasteiger partial charge on any atom is 0.394 e. The fraction of sp³-hybridized carbons (Fsp3) is 0.400. The molecule has 1 aromatic carbocycles. The van der Waals surface area contributed by atoms with Crippen LogP contribution in [-0.2, 0) is 14.3 Å². The van der Waals surface area contributed by atoms with Crippen molar-refractivity contribution in [3.63, 3.8) is 0 Å². The maximum atomic E-state index is 11.3. The van der Waals surface area contributed by atoms with E-state index in [0.717, 1.165) is 19.6 Å². The summed E-state index contributed by atoms with van der Waals surface area (Å²) in [6.45, 7) is 4.55. The molecule has 1 amide bonds. The lowest BCUT2D eigenvalue weighted by molar-refractivity contribution is -0.147. The predicted octanol–water partition coefficient (Wildman–Crippen LogP) is 0.152. The fourth-order valence-corrected chi connectivity index (χ4v) is 2.30. The molecule has 9 nitrogen and oxygen atoms in total. The molecule has 0 radical (unpaired) electrons. The molecule has 24 heavy (non-hydrogen) atoms. The van der Waals surface area contributed by atoms with E-state index in [0.29, 0.717) is 25.4 Å². The van der Waals surface area contributed by atoms with Gasteiger partial charge in [-0.25, -0.2) is 9.59 Å². The molecule has 0 atom stereocenters. The Bertz CT molecular complexity index is 628. The molecule has 0 spiro atoms. The highest BCUT2D eigenvalue weighted by Gasteiger charge is 2.17. The smallest absolute Gasteiger partial charge is 0.394 e. The zero-order valence-corrected chi connectivity index (χ0v) is 12.9. The van der Waals surface area contributed by atoms with E-state index in [4.69, 9.17) is 14.9 Å². The summed E-state index contributed by atoms with van der Waals surface area (Å²) in [5.74, 6) is -4.23. The third-order valence-corrected chi connectivity index (χ3v) is 3.55. The Hall–Kier alpha value is -2.65.